The van der Waals surface area contributed by atoms with Crippen LogP contribution in [0.3, 0.4) is 0 Å². The molecule has 3 heterocycles. The molecule has 2 aromatic heterocycles. The molecule has 1 aliphatic heterocycles. The van der Waals surface area contributed by atoms with Gasteiger partial charge in [-0.15, -0.1) is 0 Å². The molecule has 0 saturated carbocycles. The van der Waals surface area contributed by atoms with Crippen LogP contribution in [0.25, 0.3) is 11.3 Å². The average Bonchev–Trinajstić information content (AvgIpc) is 3.20. The van der Waals surface area contributed by atoms with Crippen molar-refractivity contribution in [3.63, 3.8) is 0 Å². The molecule has 0 spiro atoms. The highest BCUT2D eigenvalue weighted by Crippen LogP contribution is 2.41. The zero-order chi connectivity index (χ0) is 18.3. The molecule has 1 atom stereocenters. The summed E-state index contributed by atoms with van der Waals surface area (Å²) in [6.45, 7) is 1.84. The monoisotopic (exact) mass is 384 g/mol. The van der Waals surface area contributed by atoms with E-state index in [1.807, 2.05) is 54.3 Å². The summed E-state index contributed by atoms with van der Waals surface area (Å²) in [5.74, 6) is -0.357. The van der Waals surface area contributed by atoms with E-state index in [0.717, 1.165) is 5.56 Å². The maximum Gasteiger partial charge on any atom is 0.293 e. The fourth-order valence-electron chi connectivity index (χ4n) is 3.18. The molecule has 0 radical (unpaired) electrons. The molecule has 8 heteroatoms. The Morgan fingerprint density at radius 1 is 1.38 bits per heavy atom. The molecule has 0 saturated heterocycles. The lowest BCUT2D eigenvalue weighted by molar-refractivity contribution is -0.764. The maximum atomic E-state index is 12.9. The Morgan fingerprint density at radius 3 is 2.88 bits per heavy atom. The molecule has 0 aliphatic carbocycles. The van der Waals surface area contributed by atoms with Gasteiger partial charge in [0.05, 0.1) is 22.7 Å². The Hall–Kier alpha value is -2.45. The number of hydrogen-bond donors (Lipinski definition) is 0. The predicted octanol–water partition coefficient (Wildman–Crippen LogP) is 2.59. The van der Waals surface area contributed by atoms with Crippen LogP contribution < -0.4 is 14.7 Å². The Labute approximate surface area is 159 Å². The Kier molecular flexibility index (Phi) is 4.37. The summed E-state index contributed by atoms with van der Waals surface area (Å²) >= 11 is 2.85. The topological polar surface area (TPSA) is 73.0 Å². The summed E-state index contributed by atoms with van der Waals surface area (Å²) < 4.78 is 1.65. The number of nitrogens with zero attached hydrogens (tertiary/aromatic N) is 4. The normalized spacial score (nSPS) is 15.5. The van der Waals surface area contributed by atoms with Crippen molar-refractivity contribution in [2.45, 2.75) is 24.7 Å². The first-order valence-electron chi connectivity index (χ1n) is 8.14. The molecule has 0 fully saturated rings. The first-order chi connectivity index (χ1) is 12.7. The minimum Gasteiger partial charge on any atom is -0.854 e. The van der Waals surface area contributed by atoms with E-state index in [9.17, 15) is 9.90 Å². The first-order valence-corrected chi connectivity index (χ1v) is 10.3. The van der Waals surface area contributed by atoms with Crippen LogP contribution in [-0.2, 0) is 4.79 Å². The molecule has 6 nitrogen and oxygen atoms in total. The van der Waals surface area contributed by atoms with Crippen LogP contribution in [-0.4, -0.2) is 22.2 Å². The number of fused-ring (bicyclic) bond motifs is 3. The standard InChI is InChI=1S/C18H16N4O2S2/c1-3-14(23)21-13-7-5-4-6-12(13)15-16(24)19-18(25-2)20-22(15)17(21)11-8-9-26-10-11/h4-10,17H,3H2,1-2H3. The van der Waals surface area contributed by atoms with Crippen LogP contribution in [0, 0.1) is 0 Å². The lowest BCUT2D eigenvalue weighted by Crippen LogP contribution is -2.59. The van der Waals surface area contributed by atoms with Crippen molar-refractivity contribution in [2.75, 3.05) is 11.2 Å². The minimum absolute atomic E-state index is 0.0245. The van der Waals surface area contributed by atoms with Crippen molar-refractivity contribution < 1.29 is 14.6 Å². The largest absolute Gasteiger partial charge is 0.854 e. The highest BCUT2D eigenvalue weighted by atomic mass is 32.2. The van der Waals surface area contributed by atoms with E-state index in [0.29, 0.717) is 28.5 Å². The third-order valence-electron chi connectivity index (χ3n) is 4.31. The summed E-state index contributed by atoms with van der Waals surface area (Å²) in [6.07, 6.45) is 1.68. The van der Waals surface area contributed by atoms with Gasteiger partial charge in [0.25, 0.3) is 17.0 Å². The van der Waals surface area contributed by atoms with Gasteiger partial charge >= 0.3 is 0 Å². The van der Waals surface area contributed by atoms with Crippen molar-refractivity contribution in [3.05, 3.63) is 46.7 Å². The molecule has 4 rings (SSSR count). The van der Waals surface area contributed by atoms with E-state index in [-0.39, 0.29) is 11.8 Å². The molecule has 1 unspecified atom stereocenters. The van der Waals surface area contributed by atoms with Crippen molar-refractivity contribution in [3.8, 4) is 17.1 Å². The number of para-hydroxylation sites is 1. The molecule has 1 aliphatic rings. The average molecular weight is 384 g/mol. The van der Waals surface area contributed by atoms with Crippen LogP contribution in [0.15, 0.2) is 46.2 Å². The van der Waals surface area contributed by atoms with Gasteiger partial charge in [0.15, 0.2) is 0 Å². The van der Waals surface area contributed by atoms with E-state index in [4.69, 9.17) is 0 Å². The predicted molar refractivity (Wildman–Crippen MR) is 99.1 cm³/mol. The fourth-order valence-corrected chi connectivity index (χ4v) is 4.20. The summed E-state index contributed by atoms with van der Waals surface area (Å²) in [7, 11) is 0. The third-order valence-corrected chi connectivity index (χ3v) is 5.55. The number of hydrogen-bond acceptors (Lipinski definition) is 6. The van der Waals surface area contributed by atoms with Gasteiger partial charge in [-0.05, 0) is 29.8 Å². The van der Waals surface area contributed by atoms with Gasteiger partial charge < -0.3 is 5.11 Å². The van der Waals surface area contributed by atoms with Gasteiger partial charge in [-0.1, -0.05) is 35.5 Å². The number of thiophene rings is 1. The van der Waals surface area contributed by atoms with E-state index in [2.05, 4.69) is 10.1 Å². The molecule has 132 valence electrons. The van der Waals surface area contributed by atoms with Gasteiger partial charge in [-0.3, -0.25) is 4.79 Å². The number of anilines is 1. The second-order valence-corrected chi connectivity index (χ2v) is 7.32. The molecule has 26 heavy (non-hydrogen) atoms. The number of benzene rings is 1. The molecular weight excluding hydrogens is 368 g/mol. The van der Waals surface area contributed by atoms with Gasteiger partial charge in [0, 0.05) is 16.9 Å². The van der Waals surface area contributed by atoms with E-state index in [1.54, 1.807) is 20.9 Å². The molecule has 3 aromatic rings. The summed E-state index contributed by atoms with van der Waals surface area (Å²) in [5.41, 5.74) is 2.73. The number of carbonyl (C=O) groups is 1. The summed E-state index contributed by atoms with van der Waals surface area (Å²) in [6, 6.07) is 9.39. The summed E-state index contributed by atoms with van der Waals surface area (Å²) in [4.78, 5) is 18.7. The number of carbonyl (C=O) groups excluding carboxylic acids is 1. The highest BCUT2D eigenvalue weighted by molar-refractivity contribution is 7.98. The van der Waals surface area contributed by atoms with Gasteiger partial charge in [-0.25, -0.2) is 9.88 Å². The lowest BCUT2D eigenvalue weighted by atomic mass is 10.0. The van der Waals surface area contributed by atoms with Crippen LogP contribution >= 0.6 is 23.1 Å². The lowest BCUT2D eigenvalue weighted by Gasteiger charge is -2.33. The minimum atomic E-state index is -0.500. The van der Waals surface area contributed by atoms with E-state index < -0.39 is 6.17 Å². The first kappa shape index (κ1) is 17.0. The Morgan fingerprint density at radius 2 is 2.19 bits per heavy atom. The van der Waals surface area contributed by atoms with Crippen molar-refractivity contribution in [2.24, 2.45) is 0 Å². The quantitative estimate of drug-likeness (QED) is 0.513. The van der Waals surface area contributed by atoms with Crippen LogP contribution in [0.2, 0.25) is 0 Å². The molecular formula is C18H16N4O2S2. The molecule has 1 aromatic carbocycles. The molecule has 0 bridgehead atoms. The number of aromatic nitrogens is 3. The SMILES string of the molecule is CCC(=O)N1c2ccccc2-c2c([O-])nc(SC)n[n+]2C1c1ccsc1. The van der Waals surface area contributed by atoms with Gasteiger partial charge in [-0.2, -0.15) is 11.3 Å². The number of amides is 1. The Balaban J connectivity index is 2.07. The smallest absolute Gasteiger partial charge is 0.293 e. The molecule has 0 N–H and O–H groups in total. The van der Waals surface area contributed by atoms with Crippen molar-refractivity contribution >= 4 is 34.7 Å². The zero-order valence-electron chi connectivity index (χ0n) is 14.2. The van der Waals surface area contributed by atoms with Gasteiger partial charge in [0.1, 0.15) is 0 Å². The third kappa shape index (κ3) is 2.57. The fraction of sp³-hybridized carbons (Fsp3) is 0.222. The second-order valence-electron chi connectivity index (χ2n) is 5.76. The molecule has 1 amide bonds. The second kappa shape index (κ2) is 6.69. The number of thioether (sulfide) groups is 1. The van der Waals surface area contributed by atoms with Crippen molar-refractivity contribution in [1.29, 1.82) is 0 Å². The number of rotatable bonds is 3. The zero-order valence-corrected chi connectivity index (χ0v) is 15.9. The van der Waals surface area contributed by atoms with E-state index >= 15 is 0 Å². The van der Waals surface area contributed by atoms with Gasteiger partial charge in [0.2, 0.25) is 5.91 Å². The van der Waals surface area contributed by atoms with Crippen LogP contribution in [0.4, 0.5) is 5.69 Å². The van der Waals surface area contributed by atoms with Crippen LogP contribution in [0.1, 0.15) is 25.1 Å². The van der Waals surface area contributed by atoms with Crippen molar-refractivity contribution in [1.82, 2.24) is 10.1 Å². The Bertz CT molecular complexity index is 975. The van der Waals surface area contributed by atoms with Crippen LogP contribution in [0.5, 0.6) is 5.88 Å². The maximum absolute atomic E-state index is 12.9. The summed E-state index contributed by atoms with van der Waals surface area (Å²) in [5, 5.41) is 21.7. The highest BCUT2D eigenvalue weighted by Gasteiger charge is 2.44. The van der Waals surface area contributed by atoms with E-state index in [1.165, 1.54) is 11.8 Å².